The third-order valence-electron chi connectivity index (χ3n) is 6.09. The summed E-state index contributed by atoms with van der Waals surface area (Å²) in [6.45, 7) is 1.85. The normalized spacial score (nSPS) is 16.0. The standard InChI is InChI=1S/C27H28FN5O5/c1-16-4-5-18(22-10-11-24(35)33(31-22)13-20(34)15-38-3)12-23(16)29-26(36)21-14-32(2)27(37)30-25(21)17-6-8-19(28)9-7-17/h4-12,14,20,25,34H,13,15H2,1-3H3,(H,29,36)(H,30,37)/t20-,25+/m1/s1. The topological polar surface area (TPSA) is 126 Å². The molecule has 38 heavy (non-hydrogen) atoms. The van der Waals surface area contributed by atoms with Crippen LogP contribution in [0.4, 0.5) is 14.9 Å². The van der Waals surface area contributed by atoms with Gasteiger partial charge in [-0.25, -0.2) is 13.9 Å². The summed E-state index contributed by atoms with van der Waals surface area (Å²) >= 11 is 0. The number of amides is 3. The van der Waals surface area contributed by atoms with E-state index in [1.807, 2.05) is 19.1 Å². The second kappa shape index (κ2) is 11.4. The number of anilines is 1. The number of halogens is 1. The van der Waals surface area contributed by atoms with Gasteiger partial charge in [-0.15, -0.1) is 0 Å². The molecule has 0 radical (unpaired) electrons. The molecule has 2 atom stereocenters. The third-order valence-corrected chi connectivity index (χ3v) is 6.09. The summed E-state index contributed by atoms with van der Waals surface area (Å²) in [5.74, 6) is -0.879. The Morgan fingerprint density at radius 3 is 2.63 bits per heavy atom. The van der Waals surface area contributed by atoms with Crippen LogP contribution >= 0.6 is 0 Å². The number of urea groups is 1. The Labute approximate surface area is 218 Å². The van der Waals surface area contributed by atoms with Gasteiger partial charge in [-0.1, -0.05) is 24.3 Å². The molecule has 0 fully saturated rings. The molecule has 0 saturated heterocycles. The Morgan fingerprint density at radius 1 is 1.18 bits per heavy atom. The van der Waals surface area contributed by atoms with Crippen LogP contribution in [0.5, 0.6) is 0 Å². The van der Waals surface area contributed by atoms with Crippen molar-refractivity contribution in [3.8, 4) is 11.3 Å². The highest BCUT2D eigenvalue weighted by Gasteiger charge is 2.30. The van der Waals surface area contributed by atoms with Gasteiger partial charge in [0.1, 0.15) is 5.82 Å². The van der Waals surface area contributed by atoms with E-state index in [-0.39, 0.29) is 24.3 Å². The van der Waals surface area contributed by atoms with E-state index in [2.05, 4.69) is 15.7 Å². The van der Waals surface area contributed by atoms with Crippen molar-refractivity contribution in [3.63, 3.8) is 0 Å². The Morgan fingerprint density at radius 2 is 1.92 bits per heavy atom. The smallest absolute Gasteiger partial charge is 0.321 e. The van der Waals surface area contributed by atoms with E-state index in [0.29, 0.717) is 22.5 Å². The number of aromatic nitrogens is 2. The Hall–Kier alpha value is -4.35. The molecule has 0 bridgehead atoms. The first-order chi connectivity index (χ1) is 18.2. The van der Waals surface area contributed by atoms with Crippen molar-refractivity contribution in [1.82, 2.24) is 20.0 Å². The van der Waals surface area contributed by atoms with Crippen molar-refractivity contribution in [3.05, 3.63) is 93.7 Å². The number of nitrogens with one attached hydrogen (secondary N) is 2. The van der Waals surface area contributed by atoms with Gasteiger partial charge in [0.2, 0.25) is 0 Å². The second-order valence-electron chi connectivity index (χ2n) is 8.96. The SMILES string of the molecule is COC[C@H](O)Cn1nc(-c2ccc(C)c(NC(=O)C3=CN(C)C(=O)N[C@H]3c3ccc(F)cc3)c2)ccc1=O. The Bertz CT molecular complexity index is 1440. The molecule has 11 heteroatoms. The van der Waals surface area contributed by atoms with Crippen molar-refractivity contribution in [2.24, 2.45) is 0 Å². The van der Waals surface area contributed by atoms with Gasteiger partial charge in [0, 0.05) is 37.7 Å². The maximum Gasteiger partial charge on any atom is 0.321 e. The van der Waals surface area contributed by atoms with Gasteiger partial charge in [0.05, 0.1) is 36.6 Å². The molecule has 3 N–H and O–H groups in total. The highest BCUT2D eigenvalue weighted by molar-refractivity contribution is 6.06. The fraction of sp³-hybridized carbons (Fsp3) is 0.259. The van der Waals surface area contributed by atoms with Crippen molar-refractivity contribution >= 4 is 17.6 Å². The Kier molecular flexibility index (Phi) is 7.99. The minimum atomic E-state index is -0.898. The summed E-state index contributed by atoms with van der Waals surface area (Å²) in [5, 5.41) is 20.0. The number of hydrogen-bond donors (Lipinski definition) is 3. The van der Waals surface area contributed by atoms with E-state index in [9.17, 15) is 23.9 Å². The van der Waals surface area contributed by atoms with Gasteiger partial charge in [-0.05, 0) is 42.3 Å². The lowest BCUT2D eigenvalue weighted by Gasteiger charge is -2.30. The van der Waals surface area contributed by atoms with E-state index in [4.69, 9.17) is 4.74 Å². The van der Waals surface area contributed by atoms with Crippen molar-refractivity contribution in [1.29, 1.82) is 0 Å². The minimum Gasteiger partial charge on any atom is -0.389 e. The van der Waals surface area contributed by atoms with Crippen LogP contribution in [0.3, 0.4) is 0 Å². The quantitative estimate of drug-likeness (QED) is 0.418. The molecule has 0 unspecified atom stereocenters. The highest BCUT2D eigenvalue weighted by Crippen LogP contribution is 2.29. The van der Waals surface area contributed by atoms with Crippen LogP contribution in [0.1, 0.15) is 17.2 Å². The number of aliphatic hydroxyl groups excluding tert-OH is 1. The molecule has 0 spiro atoms. The monoisotopic (exact) mass is 521 g/mol. The molecular weight excluding hydrogens is 493 g/mol. The van der Waals surface area contributed by atoms with Gasteiger partial charge in [0.25, 0.3) is 11.5 Å². The lowest BCUT2D eigenvalue weighted by molar-refractivity contribution is -0.113. The van der Waals surface area contributed by atoms with Crippen LogP contribution in [0, 0.1) is 12.7 Å². The van der Waals surface area contributed by atoms with Crippen LogP contribution < -0.4 is 16.2 Å². The number of nitrogens with zero attached hydrogens (tertiary/aromatic N) is 3. The van der Waals surface area contributed by atoms with Gasteiger partial charge in [-0.2, -0.15) is 5.10 Å². The molecule has 1 aliphatic heterocycles. The highest BCUT2D eigenvalue weighted by atomic mass is 19.1. The average Bonchev–Trinajstić information content (AvgIpc) is 2.88. The van der Waals surface area contributed by atoms with E-state index >= 15 is 0 Å². The first-order valence-corrected chi connectivity index (χ1v) is 11.8. The van der Waals surface area contributed by atoms with Gasteiger partial charge in [-0.3, -0.25) is 9.59 Å². The summed E-state index contributed by atoms with van der Waals surface area (Å²) < 4.78 is 19.6. The number of hydrogen-bond acceptors (Lipinski definition) is 6. The number of aliphatic hydroxyl groups is 1. The first kappa shape index (κ1) is 26.7. The third kappa shape index (κ3) is 5.96. The van der Waals surface area contributed by atoms with Gasteiger partial charge < -0.3 is 25.4 Å². The number of methoxy groups -OCH3 is 1. The fourth-order valence-electron chi connectivity index (χ4n) is 4.04. The predicted octanol–water partition coefficient (Wildman–Crippen LogP) is 2.58. The average molecular weight is 522 g/mol. The fourth-order valence-corrected chi connectivity index (χ4v) is 4.04. The number of ether oxygens (including phenoxy) is 1. The Balaban J connectivity index is 1.62. The van der Waals surface area contributed by atoms with E-state index < -0.39 is 29.9 Å². The molecule has 10 nitrogen and oxygen atoms in total. The van der Waals surface area contributed by atoms with E-state index in [1.54, 1.807) is 12.1 Å². The maximum absolute atomic E-state index is 13.5. The lowest BCUT2D eigenvalue weighted by Crippen LogP contribution is -2.44. The van der Waals surface area contributed by atoms with Gasteiger partial charge in [0.15, 0.2) is 0 Å². The molecule has 3 amide bonds. The first-order valence-electron chi connectivity index (χ1n) is 11.8. The molecule has 1 aromatic heterocycles. The van der Waals surface area contributed by atoms with E-state index in [0.717, 1.165) is 10.2 Å². The summed E-state index contributed by atoms with van der Waals surface area (Å²) in [6, 6.07) is 12.7. The number of benzene rings is 2. The molecule has 2 heterocycles. The minimum absolute atomic E-state index is 0.0336. The molecule has 1 aliphatic rings. The van der Waals surface area contributed by atoms with Crippen LogP contribution in [0.15, 0.2) is 71.2 Å². The molecule has 4 rings (SSSR count). The predicted molar refractivity (Wildman–Crippen MR) is 139 cm³/mol. The van der Waals surface area contributed by atoms with Gasteiger partial charge >= 0.3 is 6.03 Å². The molecule has 198 valence electrons. The molecule has 3 aromatic rings. The molecule has 0 aliphatic carbocycles. The van der Waals surface area contributed by atoms with Crippen LogP contribution in [0.2, 0.25) is 0 Å². The molecule has 0 saturated carbocycles. The molecular formula is C27H28FN5O5. The van der Waals surface area contributed by atoms with Crippen LogP contribution in [-0.2, 0) is 16.1 Å². The van der Waals surface area contributed by atoms with Crippen LogP contribution in [-0.4, -0.2) is 58.6 Å². The largest absolute Gasteiger partial charge is 0.389 e. The summed E-state index contributed by atoms with van der Waals surface area (Å²) in [5.41, 5.74) is 2.84. The lowest BCUT2D eigenvalue weighted by atomic mass is 9.97. The van der Waals surface area contributed by atoms with E-state index in [1.165, 1.54) is 55.6 Å². The zero-order valence-corrected chi connectivity index (χ0v) is 21.1. The van der Waals surface area contributed by atoms with Crippen molar-refractivity contribution < 1.29 is 23.8 Å². The summed E-state index contributed by atoms with van der Waals surface area (Å²) in [7, 11) is 2.98. The molecule has 2 aromatic carbocycles. The maximum atomic E-state index is 13.5. The van der Waals surface area contributed by atoms with Crippen LogP contribution in [0.25, 0.3) is 11.3 Å². The number of carbonyl (C=O) groups excluding carboxylic acids is 2. The van der Waals surface area contributed by atoms with Crippen molar-refractivity contribution in [2.75, 3.05) is 26.1 Å². The number of rotatable bonds is 8. The second-order valence-corrected chi connectivity index (χ2v) is 8.96. The zero-order valence-electron chi connectivity index (χ0n) is 21.1. The number of carbonyl (C=O) groups is 2. The zero-order chi connectivity index (χ0) is 27.4. The van der Waals surface area contributed by atoms with Crippen molar-refractivity contribution in [2.45, 2.75) is 25.6 Å². The number of aryl methyl sites for hydroxylation is 1. The summed E-state index contributed by atoms with van der Waals surface area (Å²) in [6.07, 6.45) is 0.550. The summed E-state index contributed by atoms with van der Waals surface area (Å²) in [4.78, 5) is 39.2.